The van der Waals surface area contributed by atoms with Crippen molar-refractivity contribution < 1.29 is 14.2 Å². The van der Waals surface area contributed by atoms with Crippen molar-refractivity contribution in [3.8, 4) is 22.9 Å². The number of nitrogens with zero attached hydrogens (tertiary/aromatic N) is 2. The summed E-state index contributed by atoms with van der Waals surface area (Å²) >= 11 is 6.29. The van der Waals surface area contributed by atoms with E-state index >= 15 is 0 Å². The van der Waals surface area contributed by atoms with Crippen molar-refractivity contribution in [3.63, 3.8) is 0 Å². The number of benzene rings is 4. The van der Waals surface area contributed by atoms with Crippen LogP contribution in [-0.2, 0) is 11.3 Å². The van der Waals surface area contributed by atoms with E-state index < -0.39 is 0 Å². The van der Waals surface area contributed by atoms with Crippen molar-refractivity contribution in [3.05, 3.63) is 100 Å². The molecule has 0 unspecified atom stereocenters. The van der Waals surface area contributed by atoms with Gasteiger partial charge in [-0.25, -0.2) is 4.98 Å². The van der Waals surface area contributed by atoms with Crippen molar-refractivity contribution in [2.45, 2.75) is 6.54 Å². The second kappa shape index (κ2) is 10.8. The molecule has 4 aromatic carbocycles. The summed E-state index contributed by atoms with van der Waals surface area (Å²) in [6.45, 7) is 1.46. The standard InChI is InChI=1S/C29H25ClN2O4/c1-34-21-12-10-20(11-13-21)28-31-26-9-5-4-8-24(26)29(33)32(28)16-17-35-18-19-36-27-15-14-25(30)22-6-2-3-7-23(22)27/h2-15H,16-19H2,1H3. The largest absolute Gasteiger partial charge is 0.497 e. The van der Waals surface area contributed by atoms with E-state index in [-0.39, 0.29) is 5.56 Å². The van der Waals surface area contributed by atoms with Gasteiger partial charge >= 0.3 is 0 Å². The molecule has 1 heterocycles. The molecular formula is C29H25ClN2O4. The van der Waals surface area contributed by atoms with Gasteiger partial charge in [0.05, 0.1) is 37.8 Å². The first-order valence-corrected chi connectivity index (χ1v) is 12.1. The zero-order chi connectivity index (χ0) is 24.9. The lowest BCUT2D eigenvalue weighted by atomic mass is 10.1. The van der Waals surface area contributed by atoms with Gasteiger partial charge in [-0.2, -0.15) is 0 Å². The third kappa shape index (κ3) is 4.91. The number of hydrogen-bond acceptors (Lipinski definition) is 5. The fourth-order valence-corrected chi connectivity index (χ4v) is 4.39. The zero-order valence-corrected chi connectivity index (χ0v) is 20.6. The number of hydrogen-bond donors (Lipinski definition) is 0. The van der Waals surface area contributed by atoms with E-state index in [1.165, 1.54) is 0 Å². The Balaban J connectivity index is 1.28. The van der Waals surface area contributed by atoms with E-state index in [9.17, 15) is 4.79 Å². The minimum atomic E-state index is -0.0982. The lowest BCUT2D eigenvalue weighted by Gasteiger charge is -2.15. The van der Waals surface area contributed by atoms with Crippen LogP contribution in [0.25, 0.3) is 33.1 Å². The number of fused-ring (bicyclic) bond motifs is 2. The van der Waals surface area contributed by atoms with E-state index in [4.69, 9.17) is 30.8 Å². The van der Waals surface area contributed by atoms with Crippen molar-refractivity contribution in [2.24, 2.45) is 0 Å². The van der Waals surface area contributed by atoms with Crippen LogP contribution in [0.15, 0.2) is 89.7 Å². The number of ether oxygens (including phenoxy) is 3. The summed E-state index contributed by atoms with van der Waals surface area (Å²) in [7, 11) is 1.62. The second-order valence-corrected chi connectivity index (χ2v) is 8.60. The van der Waals surface area contributed by atoms with E-state index in [0.29, 0.717) is 48.1 Å². The maximum absolute atomic E-state index is 13.3. The Morgan fingerprint density at radius 1 is 0.806 bits per heavy atom. The van der Waals surface area contributed by atoms with Crippen molar-refractivity contribution in [2.75, 3.05) is 26.9 Å². The van der Waals surface area contributed by atoms with Gasteiger partial charge in [0.15, 0.2) is 0 Å². The van der Waals surface area contributed by atoms with Crippen LogP contribution in [0.4, 0.5) is 0 Å². The molecule has 0 bridgehead atoms. The van der Waals surface area contributed by atoms with Crippen LogP contribution >= 0.6 is 11.6 Å². The Morgan fingerprint density at radius 2 is 1.53 bits per heavy atom. The maximum Gasteiger partial charge on any atom is 0.261 e. The molecule has 0 saturated carbocycles. The fourth-order valence-electron chi connectivity index (χ4n) is 4.16. The molecule has 0 amide bonds. The number of methoxy groups -OCH3 is 1. The summed E-state index contributed by atoms with van der Waals surface area (Å²) in [5, 5.41) is 3.18. The quantitative estimate of drug-likeness (QED) is 0.233. The predicted molar refractivity (Wildman–Crippen MR) is 143 cm³/mol. The first-order valence-electron chi connectivity index (χ1n) is 11.7. The topological polar surface area (TPSA) is 62.6 Å². The highest BCUT2D eigenvalue weighted by Gasteiger charge is 2.13. The number of para-hydroxylation sites is 1. The average molecular weight is 501 g/mol. The Hall–Kier alpha value is -3.87. The van der Waals surface area contributed by atoms with E-state index in [1.54, 1.807) is 17.7 Å². The summed E-state index contributed by atoms with van der Waals surface area (Å²) in [6.07, 6.45) is 0. The molecule has 0 aliphatic carbocycles. The smallest absolute Gasteiger partial charge is 0.261 e. The van der Waals surface area contributed by atoms with Crippen molar-refractivity contribution in [1.82, 2.24) is 9.55 Å². The molecule has 6 nitrogen and oxygen atoms in total. The first-order chi connectivity index (χ1) is 17.7. The summed E-state index contributed by atoms with van der Waals surface area (Å²) in [5.74, 6) is 2.09. The molecule has 7 heteroatoms. The average Bonchev–Trinajstić information content (AvgIpc) is 2.93. The van der Waals surface area contributed by atoms with E-state index in [2.05, 4.69) is 0 Å². The van der Waals surface area contributed by atoms with Crippen LogP contribution < -0.4 is 15.0 Å². The molecule has 182 valence electrons. The van der Waals surface area contributed by atoms with Gasteiger partial charge in [0.1, 0.15) is 23.9 Å². The highest BCUT2D eigenvalue weighted by Crippen LogP contribution is 2.31. The minimum Gasteiger partial charge on any atom is -0.497 e. The van der Waals surface area contributed by atoms with Gasteiger partial charge < -0.3 is 14.2 Å². The van der Waals surface area contributed by atoms with Crippen molar-refractivity contribution >= 4 is 33.3 Å². The molecule has 1 aromatic heterocycles. The highest BCUT2D eigenvalue weighted by atomic mass is 35.5. The molecular weight excluding hydrogens is 476 g/mol. The highest BCUT2D eigenvalue weighted by molar-refractivity contribution is 6.35. The van der Waals surface area contributed by atoms with E-state index in [0.717, 1.165) is 27.8 Å². The second-order valence-electron chi connectivity index (χ2n) is 8.19. The molecule has 5 aromatic rings. The molecule has 0 spiro atoms. The molecule has 0 N–H and O–H groups in total. The lowest BCUT2D eigenvalue weighted by Crippen LogP contribution is -2.26. The van der Waals surface area contributed by atoms with Gasteiger partial charge in [0.25, 0.3) is 5.56 Å². The third-order valence-corrected chi connectivity index (χ3v) is 6.31. The van der Waals surface area contributed by atoms with Gasteiger partial charge in [-0.1, -0.05) is 48.0 Å². The zero-order valence-electron chi connectivity index (χ0n) is 19.8. The molecule has 0 aliphatic heterocycles. The molecule has 36 heavy (non-hydrogen) atoms. The molecule has 0 saturated heterocycles. The normalized spacial score (nSPS) is 11.2. The molecule has 5 rings (SSSR count). The monoisotopic (exact) mass is 500 g/mol. The van der Waals surface area contributed by atoms with Crippen LogP contribution in [0.3, 0.4) is 0 Å². The van der Waals surface area contributed by atoms with Gasteiger partial charge in [0.2, 0.25) is 0 Å². The first kappa shape index (κ1) is 23.9. The molecule has 0 fully saturated rings. The summed E-state index contributed by atoms with van der Waals surface area (Å²) in [6, 6.07) is 26.4. The summed E-state index contributed by atoms with van der Waals surface area (Å²) in [4.78, 5) is 18.1. The van der Waals surface area contributed by atoms with Crippen LogP contribution in [0, 0.1) is 0 Å². The fraction of sp³-hybridized carbons (Fsp3) is 0.172. The molecule has 0 aliphatic rings. The van der Waals surface area contributed by atoms with Gasteiger partial charge in [-0.15, -0.1) is 0 Å². The van der Waals surface area contributed by atoms with Crippen LogP contribution in [-0.4, -0.2) is 36.5 Å². The minimum absolute atomic E-state index is 0.0982. The van der Waals surface area contributed by atoms with Crippen molar-refractivity contribution in [1.29, 1.82) is 0 Å². The molecule has 0 radical (unpaired) electrons. The van der Waals surface area contributed by atoms with Gasteiger partial charge in [0, 0.05) is 21.4 Å². The number of rotatable bonds is 9. The summed E-state index contributed by atoms with van der Waals surface area (Å²) in [5.41, 5.74) is 1.39. The Labute approximate surface area is 213 Å². The number of halogens is 1. The van der Waals surface area contributed by atoms with Gasteiger partial charge in [-0.3, -0.25) is 9.36 Å². The summed E-state index contributed by atoms with van der Waals surface area (Å²) < 4.78 is 18.7. The predicted octanol–water partition coefficient (Wildman–Crippen LogP) is 5.97. The lowest BCUT2D eigenvalue weighted by molar-refractivity contribution is 0.0945. The van der Waals surface area contributed by atoms with Crippen LogP contribution in [0.1, 0.15) is 0 Å². The van der Waals surface area contributed by atoms with E-state index in [1.807, 2.05) is 78.9 Å². The van der Waals surface area contributed by atoms with Crippen LogP contribution in [0.5, 0.6) is 11.5 Å². The SMILES string of the molecule is COc1ccc(-c2nc3ccccc3c(=O)n2CCOCCOc2ccc(Cl)c3ccccc23)cc1. The Kier molecular flexibility index (Phi) is 7.16. The Morgan fingerprint density at radius 3 is 2.31 bits per heavy atom. The van der Waals surface area contributed by atoms with Crippen LogP contribution in [0.2, 0.25) is 5.02 Å². The molecule has 0 atom stereocenters. The third-order valence-electron chi connectivity index (χ3n) is 5.99. The van der Waals surface area contributed by atoms with Gasteiger partial charge in [-0.05, 0) is 48.5 Å². The Bertz CT molecular complexity index is 1560. The maximum atomic E-state index is 13.3. The number of aromatic nitrogens is 2.